The van der Waals surface area contributed by atoms with Gasteiger partial charge in [-0.25, -0.2) is 0 Å². The van der Waals surface area contributed by atoms with Gasteiger partial charge in [0.25, 0.3) is 0 Å². The molecule has 5 heteroatoms. The predicted molar refractivity (Wildman–Crippen MR) is 112 cm³/mol. The maximum absolute atomic E-state index is 10.3. The second kappa shape index (κ2) is 12.6. The monoisotopic (exact) mass is 380 g/mol. The molecule has 1 aliphatic carbocycles. The van der Waals surface area contributed by atoms with E-state index in [2.05, 4.69) is 35.7 Å². The molecule has 148 valence electrons. The van der Waals surface area contributed by atoms with Crippen molar-refractivity contribution < 1.29 is 9.84 Å². The van der Waals surface area contributed by atoms with Gasteiger partial charge >= 0.3 is 0 Å². The van der Waals surface area contributed by atoms with E-state index in [9.17, 15) is 5.11 Å². The Bertz CT molecular complexity index is 495. The molecule has 1 fully saturated rings. The summed E-state index contributed by atoms with van der Waals surface area (Å²) < 4.78 is 5.83. The van der Waals surface area contributed by atoms with Crippen LogP contribution in [0.5, 0.6) is 5.75 Å². The highest BCUT2D eigenvalue weighted by Crippen LogP contribution is 2.21. The Morgan fingerprint density at radius 3 is 2.88 bits per heavy atom. The average molecular weight is 381 g/mol. The summed E-state index contributed by atoms with van der Waals surface area (Å²) in [5, 5.41) is 13.8. The van der Waals surface area contributed by atoms with Gasteiger partial charge in [-0.3, -0.25) is 0 Å². The molecule has 0 aromatic heterocycles. The van der Waals surface area contributed by atoms with Gasteiger partial charge in [-0.2, -0.15) is 11.8 Å². The van der Waals surface area contributed by atoms with Crippen LogP contribution in [0.1, 0.15) is 44.1 Å². The van der Waals surface area contributed by atoms with Crippen molar-refractivity contribution in [2.24, 2.45) is 0 Å². The average Bonchev–Trinajstić information content (AvgIpc) is 2.67. The van der Waals surface area contributed by atoms with E-state index in [1.807, 2.05) is 23.9 Å². The lowest BCUT2D eigenvalue weighted by molar-refractivity contribution is 0.0561. The van der Waals surface area contributed by atoms with Gasteiger partial charge in [0.1, 0.15) is 18.5 Å². The van der Waals surface area contributed by atoms with Crippen LogP contribution in [0.15, 0.2) is 24.3 Å². The highest BCUT2D eigenvalue weighted by Gasteiger charge is 2.20. The number of ether oxygens (including phenoxy) is 1. The number of benzene rings is 1. The van der Waals surface area contributed by atoms with E-state index in [0.717, 1.165) is 18.8 Å². The molecule has 1 saturated carbocycles. The minimum atomic E-state index is -0.449. The summed E-state index contributed by atoms with van der Waals surface area (Å²) in [6.07, 6.45) is 9.40. The Hall–Kier alpha value is -0.750. The summed E-state index contributed by atoms with van der Waals surface area (Å²) in [5.74, 6) is 2.04. The SMILES string of the molecule is CSCCCNCc1cccc(OCC(O)CN(C)C2CCCCC2)c1. The first-order chi connectivity index (χ1) is 12.7. The summed E-state index contributed by atoms with van der Waals surface area (Å²) in [4.78, 5) is 2.31. The van der Waals surface area contributed by atoms with Crippen molar-refractivity contribution >= 4 is 11.8 Å². The van der Waals surface area contributed by atoms with Crippen LogP contribution in [-0.4, -0.2) is 60.9 Å². The molecule has 2 N–H and O–H groups in total. The van der Waals surface area contributed by atoms with E-state index in [1.54, 1.807) is 0 Å². The lowest BCUT2D eigenvalue weighted by Crippen LogP contribution is -2.40. The molecular formula is C21H36N2O2S. The number of aliphatic hydroxyl groups is 1. The molecule has 0 spiro atoms. The number of aliphatic hydroxyl groups excluding tert-OH is 1. The van der Waals surface area contributed by atoms with E-state index in [-0.39, 0.29) is 0 Å². The summed E-state index contributed by atoms with van der Waals surface area (Å²) in [6.45, 7) is 2.93. The summed E-state index contributed by atoms with van der Waals surface area (Å²) in [7, 11) is 2.13. The number of hydrogen-bond acceptors (Lipinski definition) is 5. The molecule has 1 aliphatic rings. The minimum absolute atomic E-state index is 0.349. The molecular weight excluding hydrogens is 344 g/mol. The number of hydrogen-bond donors (Lipinski definition) is 2. The van der Waals surface area contributed by atoms with Crippen LogP contribution in [0.3, 0.4) is 0 Å². The fourth-order valence-electron chi connectivity index (χ4n) is 3.57. The van der Waals surface area contributed by atoms with E-state index in [1.165, 1.54) is 49.8 Å². The van der Waals surface area contributed by atoms with Gasteiger partial charge < -0.3 is 20.1 Å². The Balaban J connectivity index is 1.68. The maximum Gasteiger partial charge on any atom is 0.119 e. The quantitative estimate of drug-likeness (QED) is 0.543. The Kier molecular flexibility index (Phi) is 10.4. The van der Waals surface area contributed by atoms with Gasteiger partial charge in [-0.15, -0.1) is 0 Å². The van der Waals surface area contributed by atoms with Crippen LogP contribution in [-0.2, 0) is 6.54 Å². The molecule has 0 saturated heterocycles. The Morgan fingerprint density at radius 1 is 1.31 bits per heavy atom. The van der Waals surface area contributed by atoms with E-state index in [4.69, 9.17) is 4.74 Å². The molecule has 2 rings (SSSR count). The Labute approximate surface area is 163 Å². The van der Waals surface area contributed by atoms with Crippen molar-refractivity contribution in [3.05, 3.63) is 29.8 Å². The minimum Gasteiger partial charge on any atom is -0.491 e. The molecule has 0 radical (unpaired) electrons. The van der Waals surface area contributed by atoms with Gasteiger partial charge in [0.15, 0.2) is 0 Å². The topological polar surface area (TPSA) is 44.7 Å². The summed E-state index contributed by atoms with van der Waals surface area (Å²) in [5.41, 5.74) is 1.22. The number of nitrogens with zero attached hydrogens (tertiary/aromatic N) is 1. The smallest absolute Gasteiger partial charge is 0.119 e. The van der Waals surface area contributed by atoms with Crippen molar-refractivity contribution in [3.8, 4) is 5.75 Å². The first-order valence-electron chi connectivity index (χ1n) is 9.98. The third-order valence-corrected chi connectivity index (χ3v) is 5.77. The van der Waals surface area contributed by atoms with Crippen LogP contribution in [0.25, 0.3) is 0 Å². The zero-order chi connectivity index (χ0) is 18.6. The van der Waals surface area contributed by atoms with E-state index >= 15 is 0 Å². The van der Waals surface area contributed by atoms with Gasteiger partial charge in [-0.05, 0) is 62.6 Å². The summed E-state index contributed by atoms with van der Waals surface area (Å²) >= 11 is 1.89. The zero-order valence-electron chi connectivity index (χ0n) is 16.5. The number of nitrogens with one attached hydrogen (secondary N) is 1. The second-order valence-electron chi connectivity index (χ2n) is 7.37. The number of thioether (sulfide) groups is 1. The molecule has 1 aromatic carbocycles. The fraction of sp³-hybridized carbons (Fsp3) is 0.714. The van der Waals surface area contributed by atoms with Crippen LogP contribution >= 0.6 is 11.8 Å². The van der Waals surface area contributed by atoms with Crippen LogP contribution in [0.4, 0.5) is 0 Å². The third kappa shape index (κ3) is 8.30. The van der Waals surface area contributed by atoms with Gasteiger partial charge in [0.2, 0.25) is 0 Å². The van der Waals surface area contributed by atoms with Crippen molar-refractivity contribution in [1.29, 1.82) is 0 Å². The highest BCUT2D eigenvalue weighted by molar-refractivity contribution is 7.98. The first kappa shape index (κ1) is 21.5. The highest BCUT2D eigenvalue weighted by atomic mass is 32.2. The largest absolute Gasteiger partial charge is 0.491 e. The van der Waals surface area contributed by atoms with Crippen molar-refractivity contribution in [1.82, 2.24) is 10.2 Å². The molecule has 1 atom stereocenters. The molecule has 26 heavy (non-hydrogen) atoms. The fourth-order valence-corrected chi connectivity index (χ4v) is 4.00. The van der Waals surface area contributed by atoms with Gasteiger partial charge in [0, 0.05) is 19.1 Å². The molecule has 0 aliphatic heterocycles. The number of likely N-dealkylation sites (N-methyl/N-ethyl adjacent to an activating group) is 1. The van der Waals surface area contributed by atoms with Crippen molar-refractivity contribution in [3.63, 3.8) is 0 Å². The lowest BCUT2D eigenvalue weighted by atomic mass is 9.94. The molecule has 0 bridgehead atoms. The van der Waals surface area contributed by atoms with Crippen LogP contribution in [0, 0.1) is 0 Å². The maximum atomic E-state index is 10.3. The van der Waals surface area contributed by atoms with Gasteiger partial charge in [-0.1, -0.05) is 31.4 Å². The van der Waals surface area contributed by atoms with Crippen molar-refractivity contribution in [2.45, 2.75) is 57.2 Å². The predicted octanol–water partition coefficient (Wildman–Crippen LogP) is 3.53. The zero-order valence-corrected chi connectivity index (χ0v) is 17.3. The first-order valence-corrected chi connectivity index (χ1v) is 11.4. The molecule has 1 aromatic rings. The molecule has 4 nitrogen and oxygen atoms in total. The van der Waals surface area contributed by atoms with Gasteiger partial charge in [0.05, 0.1) is 0 Å². The molecule has 1 unspecified atom stereocenters. The molecule has 0 heterocycles. The van der Waals surface area contributed by atoms with Crippen LogP contribution < -0.4 is 10.1 Å². The standard InChI is InChI=1S/C21H36N2O2S/c1-23(19-9-4-3-5-10-19)16-20(24)17-25-21-11-6-8-18(14-21)15-22-12-7-13-26-2/h6,8,11,14,19-20,22,24H,3-5,7,9-10,12-13,15-17H2,1-2H3. The van der Waals surface area contributed by atoms with E-state index in [0.29, 0.717) is 19.2 Å². The summed E-state index contributed by atoms with van der Waals surface area (Å²) in [6, 6.07) is 8.80. The second-order valence-corrected chi connectivity index (χ2v) is 8.35. The lowest BCUT2D eigenvalue weighted by Gasteiger charge is -2.32. The Morgan fingerprint density at radius 2 is 2.12 bits per heavy atom. The van der Waals surface area contributed by atoms with Crippen LogP contribution in [0.2, 0.25) is 0 Å². The normalized spacial score (nSPS) is 16.8. The molecule has 0 amide bonds. The number of rotatable bonds is 12. The van der Waals surface area contributed by atoms with E-state index < -0.39 is 6.10 Å². The third-order valence-electron chi connectivity index (χ3n) is 5.07. The van der Waals surface area contributed by atoms with Crippen molar-refractivity contribution in [2.75, 3.05) is 38.8 Å².